The Labute approximate surface area is 165 Å². The van der Waals surface area contributed by atoms with E-state index in [1.54, 1.807) is 12.1 Å². The lowest BCUT2D eigenvalue weighted by atomic mass is 10.2. The molecule has 136 valence electrons. The maximum absolute atomic E-state index is 5.73. The van der Waals surface area contributed by atoms with Gasteiger partial charge in [0, 0.05) is 23.1 Å². The van der Waals surface area contributed by atoms with E-state index >= 15 is 0 Å². The van der Waals surface area contributed by atoms with Crippen molar-refractivity contribution < 1.29 is 9.47 Å². The van der Waals surface area contributed by atoms with Gasteiger partial charge in [0.2, 0.25) is 6.79 Å². The number of ether oxygens (including phenoxy) is 2. The summed E-state index contributed by atoms with van der Waals surface area (Å²) in [7, 11) is 0. The Kier molecular flexibility index (Phi) is 4.91. The zero-order chi connectivity index (χ0) is 18.6. The van der Waals surface area contributed by atoms with E-state index in [4.69, 9.17) is 33.3 Å². The number of benzene rings is 2. The molecule has 0 radical (unpaired) electrons. The van der Waals surface area contributed by atoms with E-state index in [2.05, 4.69) is 26.1 Å². The molecule has 0 spiro atoms. The second-order valence-electron chi connectivity index (χ2n) is 5.59. The first-order chi connectivity index (χ1) is 13.2. The summed E-state index contributed by atoms with van der Waals surface area (Å²) in [4.78, 5) is 0. The summed E-state index contributed by atoms with van der Waals surface area (Å²) in [5, 5.41) is 18.0. The molecule has 1 aliphatic rings. The second-order valence-corrected chi connectivity index (χ2v) is 6.39. The third kappa shape index (κ3) is 4.36. The monoisotopic (exact) mass is 399 g/mol. The van der Waals surface area contributed by atoms with Crippen LogP contribution in [0.4, 0.5) is 22.9 Å². The van der Waals surface area contributed by atoms with Crippen LogP contribution in [0.3, 0.4) is 0 Å². The molecule has 0 saturated carbocycles. The lowest BCUT2D eigenvalue weighted by molar-refractivity contribution is 0.174. The standard InChI is InChI=1S/C18H14ClN5O2S/c19-16-7-8-17(24-23-16)20-11-1-3-12(4-2-11)21-18(27)22-13-5-6-14-15(9-13)26-10-25-14/h1-9H,10H2,(H,20,24)(H2,21,22,27). The van der Waals surface area contributed by atoms with E-state index < -0.39 is 0 Å². The Morgan fingerprint density at radius 2 is 1.56 bits per heavy atom. The molecule has 0 bridgehead atoms. The van der Waals surface area contributed by atoms with E-state index in [0.717, 1.165) is 22.8 Å². The Bertz CT molecular complexity index is 966. The largest absolute Gasteiger partial charge is 0.454 e. The van der Waals surface area contributed by atoms with Crippen molar-refractivity contribution in [3.63, 3.8) is 0 Å². The molecule has 9 heteroatoms. The van der Waals surface area contributed by atoms with Crippen molar-refractivity contribution in [1.29, 1.82) is 0 Å². The zero-order valence-corrected chi connectivity index (χ0v) is 15.5. The number of fused-ring (bicyclic) bond motifs is 1. The lowest BCUT2D eigenvalue weighted by Crippen LogP contribution is -2.18. The van der Waals surface area contributed by atoms with E-state index in [0.29, 0.717) is 21.8 Å². The van der Waals surface area contributed by atoms with Gasteiger partial charge in [0.05, 0.1) is 0 Å². The fourth-order valence-corrected chi connectivity index (χ4v) is 2.77. The lowest BCUT2D eigenvalue weighted by Gasteiger charge is -2.12. The number of hydrogen-bond acceptors (Lipinski definition) is 6. The summed E-state index contributed by atoms with van der Waals surface area (Å²) in [6, 6.07) is 16.6. The molecular formula is C18H14ClN5O2S. The van der Waals surface area contributed by atoms with Crippen molar-refractivity contribution in [1.82, 2.24) is 10.2 Å². The molecule has 0 atom stereocenters. The van der Waals surface area contributed by atoms with Gasteiger partial charge in [-0.05, 0) is 60.7 Å². The summed E-state index contributed by atoms with van der Waals surface area (Å²) in [5.74, 6) is 2.04. The van der Waals surface area contributed by atoms with E-state index in [-0.39, 0.29) is 6.79 Å². The molecule has 1 aliphatic heterocycles. The smallest absolute Gasteiger partial charge is 0.231 e. The highest BCUT2D eigenvalue weighted by Crippen LogP contribution is 2.34. The molecule has 0 saturated heterocycles. The zero-order valence-electron chi connectivity index (χ0n) is 13.9. The fraction of sp³-hybridized carbons (Fsp3) is 0.0556. The number of hydrogen-bond donors (Lipinski definition) is 3. The summed E-state index contributed by atoms with van der Waals surface area (Å²) in [5.41, 5.74) is 2.53. The number of nitrogens with one attached hydrogen (secondary N) is 3. The van der Waals surface area contributed by atoms with Crippen LogP contribution in [0.25, 0.3) is 0 Å². The van der Waals surface area contributed by atoms with Gasteiger partial charge in [0.1, 0.15) is 0 Å². The molecule has 0 fully saturated rings. The maximum atomic E-state index is 5.73. The summed E-state index contributed by atoms with van der Waals surface area (Å²) in [6.45, 7) is 0.240. The predicted octanol–water partition coefficient (Wildman–Crippen LogP) is 4.41. The quantitative estimate of drug-likeness (QED) is 0.556. The van der Waals surface area contributed by atoms with Gasteiger partial charge in [0.25, 0.3) is 0 Å². The number of thiocarbonyl (C=S) groups is 1. The van der Waals surface area contributed by atoms with Crippen molar-refractivity contribution >= 4 is 51.8 Å². The Morgan fingerprint density at radius 1 is 0.852 bits per heavy atom. The Balaban J connectivity index is 1.35. The van der Waals surface area contributed by atoms with Crippen LogP contribution in [-0.4, -0.2) is 22.1 Å². The Morgan fingerprint density at radius 3 is 2.33 bits per heavy atom. The van der Waals surface area contributed by atoms with Gasteiger partial charge in [-0.25, -0.2) is 0 Å². The minimum atomic E-state index is 0.240. The summed E-state index contributed by atoms with van der Waals surface area (Å²) in [6.07, 6.45) is 0. The first-order valence-corrected chi connectivity index (χ1v) is 8.78. The highest BCUT2D eigenvalue weighted by Gasteiger charge is 2.13. The van der Waals surface area contributed by atoms with Crippen molar-refractivity contribution in [3.8, 4) is 11.5 Å². The number of rotatable bonds is 4. The van der Waals surface area contributed by atoms with Gasteiger partial charge in [-0.2, -0.15) is 0 Å². The van der Waals surface area contributed by atoms with Crippen LogP contribution in [0, 0.1) is 0 Å². The van der Waals surface area contributed by atoms with E-state index in [1.165, 1.54) is 0 Å². The molecule has 3 N–H and O–H groups in total. The van der Waals surface area contributed by atoms with Crippen molar-refractivity contribution in [2.24, 2.45) is 0 Å². The average Bonchev–Trinajstić information content (AvgIpc) is 3.13. The molecule has 0 amide bonds. The van der Waals surface area contributed by atoms with Crippen LogP contribution >= 0.6 is 23.8 Å². The fourth-order valence-electron chi connectivity index (χ4n) is 2.44. The Hall–Kier alpha value is -3.10. The molecule has 27 heavy (non-hydrogen) atoms. The third-order valence-electron chi connectivity index (χ3n) is 3.68. The number of anilines is 4. The summed E-state index contributed by atoms with van der Waals surface area (Å²) >= 11 is 11.1. The number of halogens is 1. The van der Waals surface area contributed by atoms with E-state index in [1.807, 2.05) is 42.5 Å². The van der Waals surface area contributed by atoms with Gasteiger partial charge in [0.15, 0.2) is 27.6 Å². The average molecular weight is 400 g/mol. The highest BCUT2D eigenvalue weighted by atomic mass is 35.5. The van der Waals surface area contributed by atoms with Crippen LogP contribution in [-0.2, 0) is 0 Å². The van der Waals surface area contributed by atoms with Gasteiger partial charge < -0.3 is 25.4 Å². The topological polar surface area (TPSA) is 80.3 Å². The van der Waals surface area contributed by atoms with Crippen LogP contribution < -0.4 is 25.4 Å². The van der Waals surface area contributed by atoms with Gasteiger partial charge in [-0.1, -0.05) is 11.6 Å². The van der Waals surface area contributed by atoms with Crippen LogP contribution in [0.15, 0.2) is 54.6 Å². The molecular weight excluding hydrogens is 386 g/mol. The minimum absolute atomic E-state index is 0.240. The third-order valence-corrected chi connectivity index (χ3v) is 4.08. The maximum Gasteiger partial charge on any atom is 0.231 e. The molecule has 4 rings (SSSR count). The van der Waals surface area contributed by atoms with Gasteiger partial charge in [-0.3, -0.25) is 0 Å². The predicted molar refractivity (Wildman–Crippen MR) is 109 cm³/mol. The molecule has 3 aromatic rings. The first kappa shape index (κ1) is 17.3. The van der Waals surface area contributed by atoms with Crippen LogP contribution in [0.2, 0.25) is 5.15 Å². The molecule has 0 aliphatic carbocycles. The highest BCUT2D eigenvalue weighted by molar-refractivity contribution is 7.80. The summed E-state index contributed by atoms with van der Waals surface area (Å²) < 4.78 is 10.7. The molecule has 0 unspecified atom stereocenters. The van der Waals surface area contributed by atoms with Gasteiger partial charge in [-0.15, -0.1) is 10.2 Å². The van der Waals surface area contributed by atoms with Gasteiger partial charge >= 0.3 is 0 Å². The SMILES string of the molecule is S=C(Nc1ccc(Nc2ccc(Cl)nn2)cc1)Nc1ccc2c(c1)OCO2. The number of aromatic nitrogens is 2. The van der Waals surface area contributed by atoms with Crippen molar-refractivity contribution in [2.75, 3.05) is 22.7 Å². The molecule has 7 nitrogen and oxygen atoms in total. The van der Waals surface area contributed by atoms with Crippen molar-refractivity contribution in [2.45, 2.75) is 0 Å². The minimum Gasteiger partial charge on any atom is -0.454 e. The number of nitrogens with zero attached hydrogens (tertiary/aromatic N) is 2. The molecule has 1 aromatic heterocycles. The molecule has 2 aromatic carbocycles. The second kappa shape index (κ2) is 7.65. The normalized spacial score (nSPS) is 11.7. The van der Waals surface area contributed by atoms with Crippen molar-refractivity contribution in [3.05, 3.63) is 59.8 Å². The molecule has 2 heterocycles. The first-order valence-electron chi connectivity index (χ1n) is 8.00. The van der Waals surface area contributed by atoms with Crippen LogP contribution in [0.5, 0.6) is 11.5 Å². The van der Waals surface area contributed by atoms with Crippen LogP contribution in [0.1, 0.15) is 0 Å². The van der Waals surface area contributed by atoms with E-state index in [9.17, 15) is 0 Å².